The lowest BCUT2D eigenvalue weighted by Gasteiger charge is -2.23. The number of amides is 2. The summed E-state index contributed by atoms with van der Waals surface area (Å²) in [5, 5.41) is 5.92. The van der Waals surface area contributed by atoms with Crippen molar-refractivity contribution in [1.82, 2.24) is 15.5 Å². The van der Waals surface area contributed by atoms with Gasteiger partial charge in [-0.15, -0.1) is 12.4 Å². The number of carbonyl (C=O) groups excluding carboxylic acids is 2. The average Bonchev–Trinajstić information content (AvgIpc) is 2.64. The Labute approximate surface area is 115 Å². The van der Waals surface area contributed by atoms with Crippen LogP contribution in [0.1, 0.15) is 26.7 Å². The normalized spacial score (nSPS) is 18.2. The Kier molecular flexibility index (Phi) is 7.95. The van der Waals surface area contributed by atoms with Gasteiger partial charge in [-0.3, -0.25) is 9.59 Å². The third-order valence-corrected chi connectivity index (χ3v) is 3.01. The Morgan fingerprint density at radius 1 is 1.44 bits per heavy atom. The lowest BCUT2D eigenvalue weighted by Crippen LogP contribution is -2.45. The van der Waals surface area contributed by atoms with Gasteiger partial charge < -0.3 is 15.5 Å². The van der Waals surface area contributed by atoms with Gasteiger partial charge in [-0.2, -0.15) is 0 Å². The molecule has 18 heavy (non-hydrogen) atoms. The van der Waals surface area contributed by atoms with Crippen molar-refractivity contribution in [3.63, 3.8) is 0 Å². The van der Waals surface area contributed by atoms with Crippen LogP contribution >= 0.6 is 12.4 Å². The van der Waals surface area contributed by atoms with Crippen LogP contribution in [0.5, 0.6) is 0 Å². The van der Waals surface area contributed by atoms with Gasteiger partial charge in [0.2, 0.25) is 11.8 Å². The summed E-state index contributed by atoms with van der Waals surface area (Å²) in [5.74, 6) is 0.199. The van der Waals surface area contributed by atoms with Crippen molar-refractivity contribution in [2.24, 2.45) is 5.92 Å². The van der Waals surface area contributed by atoms with Gasteiger partial charge in [-0.25, -0.2) is 0 Å². The van der Waals surface area contributed by atoms with Gasteiger partial charge in [0.15, 0.2) is 0 Å². The molecule has 1 rings (SSSR count). The quantitative estimate of drug-likeness (QED) is 0.738. The Morgan fingerprint density at radius 3 is 2.61 bits per heavy atom. The first kappa shape index (κ1) is 17.2. The smallest absolute Gasteiger partial charge is 0.224 e. The minimum absolute atomic E-state index is 0. The molecule has 0 aromatic carbocycles. The molecule has 2 amide bonds. The van der Waals surface area contributed by atoms with Crippen LogP contribution in [-0.4, -0.2) is 49.4 Å². The maximum absolute atomic E-state index is 11.7. The second-order valence-corrected chi connectivity index (χ2v) is 4.81. The van der Waals surface area contributed by atoms with E-state index in [1.807, 2.05) is 25.8 Å². The maximum Gasteiger partial charge on any atom is 0.224 e. The molecule has 2 N–H and O–H groups in total. The molecule has 1 saturated heterocycles. The Hall–Kier alpha value is -0.810. The summed E-state index contributed by atoms with van der Waals surface area (Å²) in [5.41, 5.74) is 0. The molecular weight excluding hydrogens is 254 g/mol. The molecule has 106 valence electrons. The van der Waals surface area contributed by atoms with Gasteiger partial charge in [0, 0.05) is 38.0 Å². The predicted octanol–water partition coefficient (Wildman–Crippen LogP) is 0.391. The van der Waals surface area contributed by atoms with Crippen LogP contribution < -0.4 is 10.6 Å². The Bertz CT molecular complexity index is 286. The first-order valence-corrected chi connectivity index (χ1v) is 6.27. The van der Waals surface area contributed by atoms with E-state index in [0.717, 1.165) is 13.0 Å². The molecule has 0 aromatic heterocycles. The van der Waals surface area contributed by atoms with Gasteiger partial charge in [0.1, 0.15) is 0 Å². The topological polar surface area (TPSA) is 61.4 Å². The highest BCUT2D eigenvalue weighted by atomic mass is 35.5. The molecule has 0 radical (unpaired) electrons. The minimum atomic E-state index is -0.0447. The molecule has 0 aliphatic carbocycles. The van der Waals surface area contributed by atoms with Crippen LogP contribution in [0.4, 0.5) is 0 Å². The third-order valence-electron chi connectivity index (χ3n) is 3.01. The van der Waals surface area contributed by atoms with E-state index in [1.165, 1.54) is 0 Å². The minimum Gasteiger partial charge on any atom is -0.352 e. The summed E-state index contributed by atoms with van der Waals surface area (Å²) >= 11 is 0. The summed E-state index contributed by atoms with van der Waals surface area (Å²) in [7, 11) is 1.83. The highest BCUT2D eigenvalue weighted by Crippen LogP contribution is 2.09. The van der Waals surface area contributed by atoms with E-state index >= 15 is 0 Å². The molecule has 1 aliphatic rings. The van der Waals surface area contributed by atoms with E-state index in [4.69, 9.17) is 0 Å². The predicted molar refractivity (Wildman–Crippen MR) is 73.8 cm³/mol. The second kappa shape index (κ2) is 8.32. The third kappa shape index (κ3) is 5.23. The summed E-state index contributed by atoms with van der Waals surface area (Å²) in [6.45, 7) is 5.94. The van der Waals surface area contributed by atoms with Crippen LogP contribution in [-0.2, 0) is 9.59 Å². The van der Waals surface area contributed by atoms with E-state index in [1.54, 1.807) is 0 Å². The molecule has 1 fully saturated rings. The Balaban J connectivity index is 0.00000289. The van der Waals surface area contributed by atoms with Gasteiger partial charge in [-0.1, -0.05) is 6.92 Å². The van der Waals surface area contributed by atoms with E-state index in [9.17, 15) is 9.59 Å². The lowest BCUT2D eigenvalue weighted by atomic mass is 10.1. The number of halogens is 1. The molecule has 0 aromatic rings. The van der Waals surface area contributed by atoms with Crippen molar-refractivity contribution in [3.8, 4) is 0 Å². The summed E-state index contributed by atoms with van der Waals surface area (Å²) in [6, 6.07) is 0.0175. The molecule has 6 heteroatoms. The van der Waals surface area contributed by atoms with E-state index < -0.39 is 0 Å². The molecule has 0 saturated carbocycles. The summed E-state index contributed by atoms with van der Waals surface area (Å²) in [4.78, 5) is 25.0. The molecule has 0 spiro atoms. The zero-order valence-electron chi connectivity index (χ0n) is 11.4. The van der Waals surface area contributed by atoms with Crippen molar-refractivity contribution >= 4 is 24.2 Å². The van der Waals surface area contributed by atoms with Crippen LogP contribution in [0.2, 0.25) is 0 Å². The first-order chi connectivity index (χ1) is 8.04. The number of nitrogens with zero attached hydrogens (tertiary/aromatic N) is 1. The fourth-order valence-electron chi connectivity index (χ4n) is 2.06. The number of carbonyl (C=O) groups is 2. The van der Waals surface area contributed by atoms with E-state index in [2.05, 4.69) is 10.6 Å². The fourth-order valence-corrected chi connectivity index (χ4v) is 2.06. The highest BCUT2D eigenvalue weighted by Gasteiger charge is 2.23. The maximum atomic E-state index is 11.7. The number of likely N-dealkylation sites (tertiary alicyclic amines) is 1. The summed E-state index contributed by atoms with van der Waals surface area (Å²) < 4.78 is 0. The van der Waals surface area contributed by atoms with Gasteiger partial charge >= 0.3 is 0 Å². The van der Waals surface area contributed by atoms with Gasteiger partial charge in [0.05, 0.1) is 0 Å². The lowest BCUT2D eigenvalue weighted by molar-refractivity contribution is -0.129. The van der Waals surface area contributed by atoms with Crippen molar-refractivity contribution in [3.05, 3.63) is 0 Å². The molecule has 2 atom stereocenters. The van der Waals surface area contributed by atoms with Gasteiger partial charge in [-0.05, 0) is 20.4 Å². The molecule has 2 unspecified atom stereocenters. The van der Waals surface area contributed by atoms with Crippen LogP contribution in [0.3, 0.4) is 0 Å². The number of hydrogen-bond acceptors (Lipinski definition) is 3. The number of hydrogen-bond donors (Lipinski definition) is 2. The SMILES string of the molecule is CNCC(C)C(=O)NC(C)CN1CCCC1=O.Cl. The average molecular weight is 278 g/mol. The zero-order chi connectivity index (χ0) is 12.8. The van der Waals surface area contributed by atoms with Crippen molar-refractivity contribution in [2.75, 3.05) is 26.7 Å². The largest absolute Gasteiger partial charge is 0.352 e. The fraction of sp³-hybridized carbons (Fsp3) is 0.833. The molecule has 1 aliphatic heterocycles. The first-order valence-electron chi connectivity index (χ1n) is 6.27. The van der Waals surface area contributed by atoms with E-state index in [0.29, 0.717) is 19.5 Å². The number of rotatable bonds is 6. The summed E-state index contributed by atoms with van der Waals surface area (Å²) in [6.07, 6.45) is 1.59. The van der Waals surface area contributed by atoms with Crippen LogP contribution in [0.15, 0.2) is 0 Å². The van der Waals surface area contributed by atoms with Crippen LogP contribution in [0, 0.1) is 5.92 Å². The standard InChI is InChI=1S/C12H23N3O2.ClH/c1-9(7-13-3)12(17)14-10(2)8-15-6-4-5-11(15)16;/h9-10,13H,4-8H2,1-3H3,(H,14,17);1H. The van der Waals surface area contributed by atoms with Crippen molar-refractivity contribution < 1.29 is 9.59 Å². The van der Waals surface area contributed by atoms with Gasteiger partial charge in [0.25, 0.3) is 0 Å². The highest BCUT2D eigenvalue weighted by molar-refractivity contribution is 5.85. The Morgan fingerprint density at radius 2 is 2.11 bits per heavy atom. The zero-order valence-corrected chi connectivity index (χ0v) is 12.2. The monoisotopic (exact) mass is 277 g/mol. The van der Waals surface area contributed by atoms with Crippen molar-refractivity contribution in [2.45, 2.75) is 32.7 Å². The molecular formula is C12H24ClN3O2. The second-order valence-electron chi connectivity index (χ2n) is 4.81. The molecule has 5 nitrogen and oxygen atoms in total. The van der Waals surface area contributed by atoms with Crippen LogP contribution in [0.25, 0.3) is 0 Å². The number of nitrogens with one attached hydrogen (secondary N) is 2. The molecule has 1 heterocycles. The van der Waals surface area contributed by atoms with Crippen molar-refractivity contribution in [1.29, 1.82) is 0 Å². The molecule has 0 bridgehead atoms. The van der Waals surface area contributed by atoms with E-state index in [-0.39, 0.29) is 36.2 Å².